The van der Waals surface area contributed by atoms with Crippen molar-refractivity contribution >= 4 is 6.01 Å². The van der Waals surface area contributed by atoms with E-state index in [1.54, 1.807) is 6.07 Å². The number of benzene rings is 1. The molecule has 0 saturated heterocycles. The molecule has 2 aromatic rings. The fourth-order valence-corrected chi connectivity index (χ4v) is 1.25. The lowest BCUT2D eigenvalue weighted by atomic mass is 10.1. The predicted octanol–water partition coefficient (Wildman–Crippen LogP) is 2.07. The van der Waals surface area contributed by atoms with Crippen LogP contribution in [0.3, 0.4) is 0 Å². The van der Waals surface area contributed by atoms with E-state index in [1.165, 1.54) is 25.5 Å². The number of aromatic nitrogens is 1. The van der Waals surface area contributed by atoms with Crippen molar-refractivity contribution in [2.45, 2.75) is 0 Å². The van der Waals surface area contributed by atoms with E-state index in [0.29, 0.717) is 11.3 Å². The van der Waals surface area contributed by atoms with Gasteiger partial charge in [-0.2, -0.15) is 4.98 Å². The zero-order valence-corrected chi connectivity index (χ0v) is 8.03. The van der Waals surface area contributed by atoms with Crippen LogP contribution in [0.4, 0.5) is 10.4 Å². The first kappa shape index (κ1) is 9.51. The van der Waals surface area contributed by atoms with Gasteiger partial charge in [-0.1, -0.05) is 0 Å². The van der Waals surface area contributed by atoms with E-state index in [4.69, 9.17) is 14.9 Å². The lowest BCUT2D eigenvalue weighted by Crippen LogP contribution is -1.89. The third kappa shape index (κ3) is 1.76. The van der Waals surface area contributed by atoms with Crippen molar-refractivity contribution in [2.24, 2.45) is 0 Å². The predicted molar refractivity (Wildman–Crippen MR) is 52.9 cm³/mol. The van der Waals surface area contributed by atoms with Crippen molar-refractivity contribution in [3.63, 3.8) is 0 Å². The number of methoxy groups -OCH3 is 1. The van der Waals surface area contributed by atoms with Crippen molar-refractivity contribution in [1.82, 2.24) is 4.98 Å². The van der Waals surface area contributed by atoms with E-state index >= 15 is 0 Å². The van der Waals surface area contributed by atoms with Crippen molar-refractivity contribution < 1.29 is 13.5 Å². The van der Waals surface area contributed by atoms with Crippen LogP contribution in [0.2, 0.25) is 0 Å². The van der Waals surface area contributed by atoms with Crippen LogP contribution in [0.5, 0.6) is 5.75 Å². The first-order valence-electron chi connectivity index (χ1n) is 4.25. The SMILES string of the molecule is COc1ccc(-c2coc(N)n2)cc1F. The zero-order valence-electron chi connectivity index (χ0n) is 8.03. The number of oxazole rings is 1. The molecule has 5 heteroatoms. The summed E-state index contributed by atoms with van der Waals surface area (Å²) in [6, 6.07) is 4.58. The summed E-state index contributed by atoms with van der Waals surface area (Å²) in [5.41, 5.74) is 6.40. The molecule has 0 spiro atoms. The Morgan fingerprint density at radius 1 is 1.47 bits per heavy atom. The van der Waals surface area contributed by atoms with E-state index in [-0.39, 0.29) is 11.8 Å². The molecule has 0 unspecified atom stereocenters. The molecular weight excluding hydrogens is 199 g/mol. The van der Waals surface area contributed by atoms with Gasteiger partial charge < -0.3 is 14.9 Å². The number of hydrogen-bond donors (Lipinski definition) is 1. The average Bonchev–Trinajstić information content (AvgIpc) is 2.65. The Balaban J connectivity index is 2.42. The topological polar surface area (TPSA) is 61.3 Å². The number of nitrogen functional groups attached to an aromatic ring is 1. The van der Waals surface area contributed by atoms with Crippen LogP contribution in [0.15, 0.2) is 28.9 Å². The monoisotopic (exact) mass is 208 g/mol. The fourth-order valence-electron chi connectivity index (χ4n) is 1.25. The normalized spacial score (nSPS) is 10.3. The molecule has 0 atom stereocenters. The maximum absolute atomic E-state index is 13.3. The number of halogens is 1. The van der Waals surface area contributed by atoms with Gasteiger partial charge in [-0.25, -0.2) is 4.39 Å². The summed E-state index contributed by atoms with van der Waals surface area (Å²) >= 11 is 0. The lowest BCUT2D eigenvalue weighted by Gasteiger charge is -2.02. The van der Waals surface area contributed by atoms with Crippen LogP contribution < -0.4 is 10.5 Å². The van der Waals surface area contributed by atoms with Gasteiger partial charge >= 0.3 is 0 Å². The molecule has 78 valence electrons. The molecule has 0 aliphatic rings. The van der Waals surface area contributed by atoms with Gasteiger partial charge in [0.1, 0.15) is 12.0 Å². The Labute approximate surface area is 85.5 Å². The van der Waals surface area contributed by atoms with Crippen molar-refractivity contribution in [3.8, 4) is 17.0 Å². The van der Waals surface area contributed by atoms with Crippen LogP contribution in [0.25, 0.3) is 11.3 Å². The molecule has 0 aliphatic heterocycles. The molecule has 1 aromatic heterocycles. The van der Waals surface area contributed by atoms with Gasteiger partial charge in [0.25, 0.3) is 6.01 Å². The Kier molecular flexibility index (Phi) is 2.29. The summed E-state index contributed by atoms with van der Waals surface area (Å²) < 4.78 is 23.0. The maximum Gasteiger partial charge on any atom is 0.292 e. The van der Waals surface area contributed by atoms with Crippen molar-refractivity contribution in [2.75, 3.05) is 12.8 Å². The van der Waals surface area contributed by atoms with E-state index < -0.39 is 5.82 Å². The largest absolute Gasteiger partial charge is 0.494 e. The van der Waals surface area contributed by atoms with E-state index in [0.717, 1.165) is 0 Å². The maximum atomic E-state index is 13.3. The number of ether oxygens (including phenoxy) is 1. The number of hydrogen-bond acceptors (Lipinski definition) is 4. The highest BCUT2D eigenvalue weighted by Crippen LogP contribution is 2.25. The molecule has 2 rings (SSSR count). The van der Waals surface area contributed by atoms with Crippen LogP contribution >= 0.6 is 0 Å². The van der Waals surface area contributed by atoms with Crippen molar-refractivity contribution in [3.05, 3.63) is 30.3 Å². The fraction of sp³-hybridized carbons (Fsp3) is 0.100. The van der Waals surface area contributed by atoms with E-state index in [2.05, 4.69) is 4.98 Å². The van der Waals surface area contributed by atoms with Gasteiger partial charge in [0, 0.05) is 5.56 Å². The Morgan fingerprint density at radius 2 is 2.27 bits per heavy atom. The molecular formula is C10H9FN2O2. The summed E-state index contributed by atoms with van der Waals surface area (Å²) in [7, 11) is 1.41. The van der Waals surface area contributed by atoms with Gasteiger partial charge in [-0.3, -0.25) is 0 Å². The highest BCUT2D eigenvalue weighted by Gasteiger charge is 2.08. The number of nitrogens with zero attached hydrogens (tertiary/aromatic N) is 1. The second-order valence-corrected chi connectivity index (χ2v) is 2.92. The molecule has 15 heavy (non-hydrogen) atoms. The highest BCUT2D eigenvalue weighted by atomic mass is 19.1. The van der Waals surface area contributed by atoms with E-state index in [1.807, 2.05) is 0 Å². The van der Waals surface area contributed by atoms with Gasteiger partial charge in [-0.15, -0.1) is 0 Å². The number of rotatable bonds is 2. The van der Waals surface area contributed by atoms with Crippen molar-refractivity contribution in [1.29, 1.82) is 0 Å². The minimum absolute atomic E-state index is 0.0567. The van der Waals surface area contributed by atoms with Gasteiger partial charge in [0.05, 0.1) is 7.11 Å². The van der Waals surface area contributed by atoms with Crippen LogP contribution in [-0.4, -0.2) is 12.1 Å². The van der Waals surface area contributed by atoms with Crippen LogP contribution in [0, 0.1) is 5.82 Å². The summed E-state index contributed by atoms with van der Waals surface area (Å²) in [4.78, 5) is 3.88. The van der Waals surface area contributed by atoms with Gasteiger partial charge in [0.2, 0.25) is 0 Å². The average molecular weight is 208 g/mol. The molecule has 2 N–H and O–H groups in total. The summed E-state index contributed by atoms with van der Waals surface area (Å²) in [5.74, 6) is -0.258. The molecule has 0 aliphatic carbocycles. The van der Waals surface area contributed by atoms with E-state index in [9.17, 15) is 4.39 Å². The van der Waals surface area contributed by atoms with Gasteiger partial charge in [-0.05, 0) is 18.2 Å². The molecule has 0 saturated carbocycles. The zero-order chi connectivity index (χ0) is 10.8. The minimum atomic E-state index is -0.448. The summed E-state index contributed by atoms with van der Waals surface area (Å²) in [5, 5.41) is 0. The second-order valence-electron chi connectivity index (χ2n) is 2.92. The first-order chi connectivity index (χ1) is 7.20. The van der Waals surface area contributed by atoms with Gasteiger partial charge in [0.15, 0.2) is 11.6 Å². The highest BCUT2D eigenvalue weighted by molar-refractivity contribution is 5.60. The quantitative estimate of drug-likeness (QED) is 0.820. The second kappa shape index (κ2) is 3.61. The standard InChI is InChI=1S/C10H9FN2O2/c1-14-9-3-2-6(4-7(9)11)8-5-15-10(12)13-8/h2-5H,1H3,(H2,12,13). The first-order valence-corrected chi connectivity index (χ1v) is 4.25. The minimum Gasteiger partial charge on any atom is -0.494 e. The molecule has 1 heterocycles. The molecule has 4 nitrogen and oxygen atoms in total. The smallest absolute Gasteiger partial charge is 0.292 e. The Bertz CT molecular complexity index is 482. The molecule has 1 aromatic carbocycles. The number of anilines is 1. The molecule has 0 bridgehead atoms. The summed E-state index contributed by atoms with van der Waals surface area (Å²) in [6.45, 7) is 0. The summed E-state index contributed by atoms with van der Waals surface area (Å²) in [6.07, 6.45) is 1.37. The third-order valence-electron chi connectivity index (χ3n) is 1.97. The van der Waals surface area contributed by atoms with Crippen LogP contribution in [0.1, 0.15) is 0 Å². The Hall–Kier alpha value is -2.04. The molecule has 0 amide bonds. The number of nitrogens with two attached hydrogens (primary N) is 1. The van der Waals surface area contributed by atoms with Crippen LogP contribution in [-0.2, 0) is 0 Å². The molecule has 0 fully saturated rings. The molecule has 0 radical (unpaired) electrons. The third-order valence-corrected chi connectivity index (χ3v) is 1.97. The Morgan fingerprint density at radius 3 is 2.80 bits per heavy atom. The lowest BCUT2D eigenvalue weighted by molar-refractivity contribution is 0.386.